The van der Waals surface area contributed by atoms with E-state index in [-0.39, 0.29) is 30.0 Å². The van der Waals surface area contributed by atoms with Crippen LogP contribution in [0.25, 0.3) is 0 Å². The smallest absolute Gasteiger partial charge is 0.410 e. The SMILES string of the molecule is CC(C)/C=C/C(OC(=O)N(C(C)C)C(C)C)=C1\CCCC1C(O)C(C)C. The van der Waals surface area contributed by atoms with Gasteiger partial charge in [0.15, 0.2) is 0 Å². The lowest BCUT2D eigenvalue weighted by molar-refractivity contribution is 0.0772. The molecule has 150 valence electrons. The van der Waals surface area contributed by atoms with Crippen LogP contribution in [0, 0.1) is 17.8 Å². The molecule has 0 bridgehead atoms. The van der Waals surface area contributed by atoms with Crippen LogP contribution in [0.5, 0.6) is 0 Å². The number of hydrogen-bond acceptors (Lipinski definition) is 3. The molecule has 1 N–H and O–H groups in total. The molecule has 0 aromatic carbocycles. The molecule has 0 heterocycles. The number of nitrogens with zero attached hydrogens (tertiary/aromatic N) is 1. The molecule has 4 nitrogen and oxygen atoms in total. The van der Waals surface area contributed by atoms with Crippen LogP contribution in [-0.4, -0.2) is 34.3 Å². The molecule has 1 aliphatic carbocycles. The Hall–Kier alpha value is -1.29. The summed E-state index contributed by atoms with van der Waals surface area (Å²) in [6, 6.07) is 0.145. The van der Waals surface area contributed by atoms with Crippen molar-refractivity contribution in [2.45, 2.75) is 92.8 Å². The summed E-state index contributed by atoms with van der Waals surface area (Å²) in [5.74, 6) is 1.26. The Bertz CT molecular complexity index is 509. The minimum absolute atomic E-state index is 0.0705. The van der Waals surface area contributed by atoms with Crippen molar-refractivity contribution in [1.82, 2.24) is 4.90 Å². The molecule has 0 spiro atoms. The van der Waals surface area contributed by atoms with E-state index in [2.05, 4.69) is 19.9 Å². The van der Waals surface area contributed by atoms with Gasteiger partial charge in [-0.25, -0.2) is 4.79 Å². The highest BCUT2D eigenvalue weighted by Gasteiger charge is 2.33. The fourth-order valence-electron chi connectivity index (χ4n) is 3.67. The lowest BCUT2D eigenvalue weighted by Crippen LogP contribution is -2.42. The minimum atomic E-state index is -0.403. The molecule has 2 atom stereocenters. The fourth-order valence-corrected chi connectivity index (χ4v) is 3.67. The van der Waals surface area contributed by atoms with Crippen LogP contribution >= 0.6 is 0 Å². The van der Waals surface area contributed by atoms with Gasteiger partial charge in [0, 0.05) is 18.0 Å². The van der Waals surface area contributed by atoms with Gasteiger partial charge in [-0.1, -0.05) is 33.8 Å². The van der Waals surface area contributed by atoms with Crippen molar-refractivity contribution < 1.29 is 14.6 Å². The average molecular weight is 366 g/mol. The minimum Gasteiger partial charge on any atom is -0.410 e. The first-order valence-corrected chi connectivity index (χ1v) is 10.2. The Kier molecular flexibility index (Phi) is 8.88. The van der Waals surface area contributed by atoms with E-state index in [1.807, 2.05) is 47.6 Å². The summed E-state index contributed by atoms with van der Waals surface area (Å²) in [5.41, 5.74) is 1.09. The van der Waals surface area contributed by atoms with Crippen molar-refractivity contribution in [1.29, 1.82) is 0 Å². The molecule has 4 heteroatoms. The summed E-state index contributed by atoms with van der Waals surface area (Å²) in [6.07, 6.45) is 6.13. The predicted octanol–water partition coefficient (Wildman–Crippen LogP) is 5.53. The van der Waals surface area contributed by atoms with Gasteiger partial charge in [-0.2, -0.15) is 0 Å². The second-order valence-corrected chi connectivity index (χ2v) is 8.69. The third kappa shape index (κ3) is 6.15. The number of aliphatic hydroxyl groups excluding tert-OH is 1. The number of carbonyl (C=O) groups is 1. The lowest BCUT2D eigenvalue weighted by Gasteiger charge is -2.30. The highest BCUT2D eigenvalue weighted by atomic mass is 16.6. The standard InChI is InChI=1S/C22H39NO3/c1-14(2)12-13-20(26-22(25)23(16(5)6)17(7)8)18-10-9-11-19(18)21(24)15(3)4/h12-17,19,21,24H,9-11H2,1-8H3/b13-12+,20-18-. The molecule has 0 aliphatic heterocycles. The van der Waals surface area contributed by atoms with Crippen LogP contribution < -0.4 is 0 Å². The Morgan fingerprint density at radius 2 is 1.69 bits per heavy atom. The molecule has 1 rings (SSSR count). The van der Waals surface area contributed by atoms with Crippen LogP contribution in [0.15, 0.2) is 23.5 Å². The Morgan fingerprint density at radius 3 is 2.15 bits per heavy atom. The Labute approximate surface area is 160 Å². The van der Waals surface area contributed by atoms with Crippen molar-refractivity contribution in [2.24, 2.45) is 17.8 Å². The molecule has 1 amide bonds. The summed E-state index contributed by atoms with van der Waals surface area (Å²) in [7, 11) is 0. The van der Waals surface area contributed by atoms with E-state index in [0.717, 1.165) is 24.8 Å². The summed E-state index contributed by atoms with van der Waals surface area (Å²) in [4.78, 5) is 14.6. The first-order chi connectivity index (χ1) is 12.1. The van der Waals surface area contributed by atoms with E-state index in [1.165, 1.54) is 0 Å². The number of allylic oxidation sites excluding steroid dienone is 2. The predicted molar refractivity (Wildman–Crippen MR) is 108 cm³/mol. The van der Waals surface area contributed by atoms with Crippen molar-refractivity contribution in [3.8, 4) is 0 Å². The number of ether oxygens (including phenoxy) is 1. The van der Waals surface area contributed by atoms with Crippen LogP contribution in [0.4, 0.5) is 4.79 Å². The largest absolute Gasteiger partial charge is 0.415 e. The molecule has 0 saturated heterocycles. The zero-order chi connectivity index (χ0) is 20.0. The van der Waals surface area contributed by atoms with Gasteiger partial charge in [0.2, 0.25) is 0 Å². The van der Waals surface area contributed by atoms with Crippen LogP contribution in [-0.2, 0) is 4.74 Å². The van der Waals surface area contributed by atoms with Crippen molar-refractivity contribution in [2.75, 3.05) is 0 Å². The summed E-state index contributed by atoms with van der Waals surface area (Å²) in [5, 5.41) is 10.6. The second kappa shape index (κ2) is 10.1. The molecule has 0 radical (unpaired) electrons. The summed E-state index contributed by atoms with van der Waals surface area (Å²) >= 11 is 0. The van der Waals surface area contributed by atoms with Gasteiger partial charge >= 0.3 is 6.09 Å². The van der Waals surface area contributed by atoms with Gasteiger partial charge in [-0.3, -0.25) is 0 Å². The number of amides is 1. The van der Waals surface area contributed by atoms with E-state index in [1.54, 1.807) is 4.90 Å². The highest BCUT2D eigenvalue weighted by molar-refractivity contribution is 5.70. The first kappa shape index (κ1) is 22.8. The molecule has 0 aromatic heterocycles. The first-order valence-electron chi connectivity index (χ1n) is 10.2. The average Bonchev–Trinajstić information content (AvgIpc) is 2.98. The third-order valence-corrected chi connectivity index (χ3v) is 4.97. The molecular formula is C22H39NO3. The van der Waals surface area contributed by atoms with Gasteiger partial charge in [0.25, 0.3) is 0 Å². The van der Waals surface area contributed by atoms with Crippen LogP contribution in [0.1, 0.15) is 74.7 Å². The number of aliphatic hydroxyl groups is 1. The topological polar surface area (TPSA) is 49.8 Å². The normalized spacial score (nSPS) is 21.3. The monoisotopic (exact) mass is 365 g/mol. The molecular weight excluding hydrogens is 326 g/mol. The molecule has 2 unspecified atom stereocenters. The van der Waals surface area contributed by atoms with Crippen molar-refractivity contribution in [3.05, 3.63) is 23.5 Å². The second-order valence-electron chi connectivity index (χ2n) is 8.69. The molecule has 0 aromatic rings. The maximum absolute atomic E-state index is 12.8. The van der Waals surface area contributed by atoms with Crippen LogP contribution in [0.2, 0.25) is 0 Å². The van der Waals surface area contributed by atoms with E-state index < -0.39 is 6.10 Å². The zero-order valence-corrected chi connectivity index (χ0v) is 18.0. The van der Waals surface area contributed by atoms with E-state index in [0.29, 0.717) is 11.7 Å². The lowest BCUT2D eigenvalue weighted by atomic mass is 9.88. The number of carbonyl (C=O) groups excluding carboxylic acids is 1. The molecule has 1 fully saturated rings. The van der Waals surface area contributed by atoms with Crippen LogP contribution in [0.3, 0.4) is 0 Å². The summed E-state index contributed by atoms with van der Waals surface area (Å²) < 4.78 is 5.90. The number of rotatable bonds is 7. The Morgan fingerprint density at radius 1 is 1.12 bits per heavy atom. The van der Waals surface area contributed by atoms with Gasteiger partial charge in [0.05, 0.1) is 6.10 Å². The number of hydrogen-bond donors (Lipinski definition) is 1. The van der Waals surface area contributed by atoms with Gasteiger partial charge < -0.3 is 14.7 Å². The van der Waals surface area contributed by atoms with Gasteiger partial charge in [0.1, 0.15) is 5.76 Å². The zero-order valence-electron chi connectivity index (χ0n) is 18.0. The van der Waals surface area contributed by atoms with Crippen molar-refractivity contribution in [3.63, 3.8) is 0 Å². The molecule has 26 heavy (non-hydrogen) atoms. The van der Waals surface area contributed by atoms with E-state index in [9.17, 15) is 9.90 Å². The Balaban J connectivity index is 3.21. The molecule has 1 saturated carbocycles. The van der Waals surface area contributed by atoms with E-state index in [4.69, 9.17) is 4.74 Å². The van der Waals surface area contributed by atoms with Gasteiger partial charge in [-0.15, -0.1) is 0 Å². The quantitative estimate of drug-likeness (QED) is 0.604. The van der Waals surface area contributed by atoms with Gasteiger partial charge in [-0.05, 0) is 70.4 Å². The molecule has 1 aliphatic rings. The summed E-state index contributed by atoms with van der Waals surface area (Å²) in [6.45, 7) is 16.3. The maximum atomic E-state index is 12.8. The highest BCUT2D eigenvalue weighted by Crippen LogP contribution is 2.38. The van der Waals surface area contributed by atoms with Crippen molar-refractivity contribution >= 4 is 6.09 Å². The van der Waals surface area contributed by atoms with E-state index >= 15 is 0 Å². The maximum Gasteiger partial charge on any atom is 0.415 e. The fraction of sp³-hybridized carbons (Fsp3) is 0.773. The third-order valence-electron chi connectivity index (χ3n) is 4.97.